The Morgan fingerprint density at radius 1 is 1.18 bits per heavy atom. The van der Waals surface area contributed by atoms with E-state index in [-0.39, 0.29) is 30.8 Å². The molecule has 2 aliphatic rings. The molecule has 2 aliphatic heterocycles. The summed E-state index contributed by atoms with van der Waals surface area (Å²) in [5, 5.41) is 9.19. The molecule has 2 amide bonds. The van der Waals surface area contributed by atoms with Crippen LogP contribution in [0, 0.1) is 11.8 Å². The zero-order valence-electron chi connectivity index (χ0n) is 13.3. The number of piperidine rings is 1. The molecule has 6 heteroatoms. The summed E-state index contributed by atoms with van der Waals surface area (Å²) in [5.41, 5.74) is 0. The number of carboxylic acid groups (broad SMARTS) is 1. The van der Waals surface area contributed by atoms with Gasteiger partial charge in [-0.3, -0.25) is 14.4 Å². The molecule has 2 fully saturated rings. The zero-order chi connectivity index (χ0) is 16.1. The molecular formula is C16H26N2O4. The van der Waals surface area contributed by atoms with E-state index < -0.39 is 11.9 Å². The largest absolute Gasteiger partial charge is 0.481 e. The lowest BCUT2D eigenvalue weighted by Crippen LogP contribution is -2.50. The molecule has 1 N–H and O–H groups in total. The second-order valence-corrected chi connectivity index (χ2v) is 6.65. The number of likely N-dealkylation sites (tertiary alicyclic amines) is 2. The highest BCUT2D eigenvalue weighted by Gasteiger charge is 2.32. The fourth-order valence-corrected chi connectivity index (χ4v) is 3.38. The first-order valence-electron chi connectivity index (χ1n) is 8.25. The van der Waals surface area contributed by atoms with Crippen LogP contribution in [0.25, 0.3) is 0 Å². The number of amides is 2. The quantitative estimate of drug-likeness (QED) is 0.853. The minimum absolute atomic E-state index is 0.0490. The Hall–Kier alpha value is -1.59. The van der Waals surface area contributed by atoms with Crippen LogP contribution in [0.1, 0.15) is 45.4 Å². The third-order valence-corrected chi connectivity index (χ3v) is 4.61. The third kappa shape index (κ3) is 4.45. The first-order chi connectivity index (χ1) is 10.5. The van der Waals surface area contributed by atoms with E-state index in [0.717, 1.165) is 25.7 Å². The number of carbonyl (C=O) groups is 3. The Bertz CT molecular complexity index is 438. The van der Waals surface area contributed by atoms with E-state index >= 15 is 0 Å². The van der Waals surface area contributed by atoms with Crippen LogP contribution in [0.3, 0.4) is 0 Å². The molecule has 2 heterocycles. The van der Waals surface area contributed by atoms with Crippen molar-refractivity contribution in [1.82, 2.24) is 9.80 Å². The monoisotopic (exact) mass is 310 g/mol. The van der Waals surface area contributed by atoms with Crippen molar-refractivity contribution in [1.29, 1.82) is 0 Å². The van der Waals surface area contributed by atoms with Crippen molar-refractivity contribution in [3.63, 3.8) is 0 Å². The van der Waals surface area contributed by atoms with Crippen LogP contribution in [0.5, 0.6) is 0 Å². The molecule has 124 valence electrons. The van der Waals surface area contributed by atoms with Gasteiger partial charge in [-0.15, -0.1) is 0 Å². The van der Waals surface area contributed by atoms with Crippen LogP contribution in [0.2, 0.25) is 0 Å². The van der Waals surface area contributed by atoms with Crippen LogP contribution in [-0.2, 0) is 14.4 Å². The summed E-state index contributed by atoms with van der Waals surface area (Å²) >= 11 is 0. The SMILES string of the molecule is CC1CC(C(=O)O)CN(C(=O)CN2CCCCCCC2=O)C1. The average Bonchev–Trinajstić information content (AvgIpc) is 2.46. The summed E-state index contributed by atoms with van der Waals surface area (Å²) in [6.07, 6.45) is 5.14. The van der Waals surface area contributed by atoms with Crippen molar-refractivity contribution in [3.05, 3.63) is 0 Å². The van der Waals surface area contributed by atoms with Gasteiger partial charge in [-0.2, -0.15) is 0 Å². The highest BCUT2D eigenvalue weighted by atomic mass is 16.4. The van der Waals surface area contributed by atoms with Crippen molar-refractivity contribution in [3.8, 4) is 0 Å². The predicted octanol–water partition coefficient (Wildman–Crippen LogP) is 1.35. The van der Waals surface area contributed by atoms with Gasteiger partial charge < -0.3 is 14.9 Å². The van der Waals surface area contributed by atoms with E-state index in [2.05, 4.69) is 0 Å². The van der Waals surface area contributed by atoms with Crippen LogP contribution in [0.4, 0.5) is 0 Å². The lowest BCUT2D eigenvalue weighted by atomic mass is 9.90. The van der Waals surface area contributed by atoms with Gasteiger partial charge in [0.25, 0.3) is 0 Å². The molecule has 0 spiro atoms. The second kappa shape index (κ2) is 7.61. The average molecular weight is 310 g/mol. The lowest BCUT2D eigenvalue weighted by Gasteiger charge is -2.36. The van der Waals surface area contributed by atoms with Gasteiger partial charge in [-0.25, -0.2) is 0 Å². The minimum Gasteiger partial charge on any atom is -0.481 e. The zero-order valence-corrected chi connectivity index (χ0v) is 13.3. The molecule has 22 heavy (non-hydrogen) atoms. The molecule has 2 unspecified atom stereocenters. The first kappa shape index (κ1) is 16.8. The van der Waals surface area contributed by atoms with E-state index in [0.29, 0.717) is 25.9 Å². The number of hydrogen-bond donors (Lipinski definition) is 1. The molecule has 0 aromatic carbocycles. The Morgan fingerprint density at radius 3 is 2.64 bits per heavy atom. The molecule has 0 saturated carbocycles. The van der Waals surface area contributed by atoms with Crippen LogP contribution < -0.4 is 0 Å². The number of hydrogen-bond acceptors (Lipinski definition) is 3. The summed E-state index contributed by atoms with van der Waals surface area (Å²) in [5.74, 6) is -1.22. The lowest BCUT2D eigenvalue weighted by molar-refractivity contribution is -0.149. The van der Waals surface area contributed by atoms with Gasteiger partial charge in [-0.05, 0) is 25.2 Å². The van der Waals surface area contributed by atoms with E-state index in [1.165, 1.54) is 0 Å². The Balaban J connectivity index is 1.94. The molecule has 0 aromatic rings. The maximum atomic E-state index is 12.5. The van der Waals surface area contributed by atoms with Gasteiger partial charge in [-0.1, -0.05) is 19.8 Å². The van der Waals surface area contributed by atoms with Crippen LogP contribution in [0.15, 0.2) is 0 Å². The highest BCUT2D eigenvalue weighted by Crippen LogP contribution is 2.22. The molecule has 2 saturated heterocycles. The summed E-state index contributed by atoms with van der Waals surface area (Å²) in [6.45, 7) is 3.55. The van der Waals surface area contributed by atoms with Gasteiger partial charge in [0, 0.05) is 26.1 Å². The van der Waals surface area contributed by atoms with Gasteiger partial charge in [0.1, 0.15) is 0 Å². The van der Waals surface area contributed by atoms with Gasteiger partial charge >= 0.3 is 5.97 Å². The van der Waals surface area contributed by atoms with Gasteiger partial charge in [0.15, 0.2) is 0 Å². The van der Waals surface area contributed by atoms with Crippen molar-refractivity contribution in [2.24, 2.45) is 11.8 Å². The Labute approximate surface area is 131 Å². The molecule has 0 aliphatic carbocycles. The topological polar surface area (TPSA) is 77.9 Å². The summed E-state index contributed by atoms with van der Waals surface area (Å²) in [6, 6.07) is 0. The Kier molecular flexibility index (Phi) is 5.80. The molecule has 2 atom stereocenters. The molecule has 0 radical (unpaired) electrons. The van der Waals surface area contributed by atoms with Crippen molar-refractivity contribution in [2.45, 2.75) is 45.4 Å². The number of carbonyl (C=O) groups excluding carboxylic acids is 2. The summed E-state index contributed by atoms with van der Waals surface area (Å²) in [4.78, 5) is 39.0. The minimum atomic E-state index is -0.841. The predicted molar refractivity (Wildman–Crippen MR) is 81.2 cm³/mol. The van der Waals surface area contributed by atoms with Gasteiger partial charge in [0.05, 0.1) is 12.5 Å². The standard InChI is InChI=1S/C16H26N2O4/c1-12-8-13(16(21)22)10-18(9-12)15(20)11-17-7-5-3-2-4-6-14(17)19/h12-13H,2-11H2,1H3,(H,21,22). The van der Waals surface area contributed by atoms with Crippen LogP contribution >= 0.6 is 0 Å². The number of rotatable bonds is 3. The first-order valence-corrected chi connectivity index (χ1v) is 8.25. The molecule has 2 rings (SSSR count). The van der Waals surface area contributed by atoms with Crippen LogP contribution in [-0.4, -0.2) is 58.9 Å². The summed E-state index contributed by atoms with van der Waals surface area (Å²) < 4.78 is 0. The van der Waals surface area contributed by atoms with Gasteiger partial charge in [0.2, 0.25) is 11.8 Å². The second-order valence-electron chi connectivity index (χ2n) is 6.65. The molecule has 6 nitrogen and oxygen atoms in total. The highest BCUT2D eigenvalue weighted by molar-refractivity contribution is 5.85. The molecule has 0 aromatic heterocycles. The smallest absolute Gasteiger partial charge is 0.308 e. The number of nitrogens with zero attached hydrogens (tertiary/aromatic N) is 2. The number of carboxylic acids is 1. The van der Waals surface area contributed by atoms with Crippen molar-refractivity contribution >= 4 is 17.8 Å². The van der Waals surface area contributed by atoms with E-state index in [1.54, 1.807) is 9.80 Å². The normalized spacial score (nSPS) is 27.2. The van der Waals surface area contributed by atoms with Crippen molar-refractivity contribution < 1.29 is 19.5 Å². The molecule has 0 bridgehead atoms. The molecular weight excluding hydrogens is 284 g/mol. The fourth-order valence-electron chi connectivity index (χ4n) is 3.38. The Morgan fingerprint density at radius 2 is 1.91 bits per heavy atom. The maximum absolute atomic E-state index is 12.5. The van der Waals surface area contributed by atoms with E-state index in [9.17, 15) is 19.5 Å². The van der Waals surface area contributed by atoms with E-state index in [4.69, 9.17) is 0 Å². The summed E-state index contributed by atoms with van der Waals surface area (Å²) in [7, 11) is 0. The maximum Gasteiger partial charge on any atom is 0.308 e. The number of aliphatic carboxylic acids is 1. The fraction of sp³-hybridized carbons (Fsp3) is 0.812. The van der Waals surface area contributed by atoms with E-state index in [1.807, 2.05) is 6.92 Å². The third-order valence-electron chi connectivity index (χ3n) is 4.61. The van der Waals surface area contributed by atoms with Crippen molar-refractivity contribution in [2.75, 3.05) is 26.2 Å².